The molecule has 0 atom stereocenters. The molecule has 0 saturated heterocycles. The van der Waals surface area contributed by atoms with Gasteiger partial charge in [0, 0.05) is 23.2 Å². The lowest BCUT2D eigenvalue weighted by Gasteiger charge is -2.03. The molecular weight excluding hydrogens is 262 g/mol. The van der Waals surface area contributed by atoms with Crippen molar-refractivity contribution in [1.82, 2.24) is 4.98 Å². The van der Waals surface area contributed by atoms with Crippen molar-refractivity contribution in [1.29, 1.82) is 0 Å². The van der Waals surface area contributed by atoms with Gasteiger partial charge in [0.2, 0.25) is 0 Å². The third-order valence-corrected chi connectivity index (χ3v) is 3.31. The molecule has 104 valence electrons. The first-order valence-electron chi connectivity index (χ1n) is 6.70. The van der Waals surface area contributed by atoms with Crippen LogP contribution in [0.3, 0.4) is 0 Å². The zero-order valence-electron chi connectivity index (χ0n) is 11.7. The average molecular weight is 277 g/mol. The van der Waals surface area contributed by atoms with Crippen LogP contribution in [0.4, 0.5) is 0 Å². The number of nitrogens with one attached hydrogen (secondary N) is 1. The standard InChI is InChI=1S/C18H15NO2/c1-21-15-9-10-16-17(12-15)19-14(11-18(16)20)8-7-13-5-3-2-4-6-13/h2-12H,1H3,(H,19,20)/b8-7+. The first-order chi connectivity index (χ1) is 10.3. The van der Waals surface area contributed by atoms with E-state index in [4.69, 9.17) is 4.74 Å². The maximum absolute atomic E-state index is 12.1. The van der Waals surface area contributed by atoms with Crippen LogP contribution in [-0.4, -0.2) is 12.1 Å². The Labute approximate surface area is 122 Å². The van der Waals surface area contributed by atoms with Gasteiger partial charge in [-0.25, -0.2) is 0 Å². The van der Waals surface area contributed by atoms with E-state index in [0.29, 0.717) is 5.39 Å². The Morgan fingerprint density at radius 2 is 1.81 bits per heavy atom. The Bertz CT molecular complexity index is 848. The van der Waals surface area contributed by atoms with Crippen LogP contribution in [0.2, 0.25) is 0 Å². The third-order valence-electron chi connectivity index (χ3n) is 3.31. The number of hydrogen-bond acceptors (Lipinski definition) is 2. The van der Waals surface area contributed by atoms with E-state index in [9.17, 15) is 4.79 Å². The predicted octanol–water partition coefficient (Wildman–Crippen LogP) is 3.71. The minimum Gasteiger partial charge on any atom is -0.497 e. The fourth-order valence-electron chi connectivity index (χ4n) is 2.22. The topological polar surface area (TPSA) is 42.1 Å². The van der Waals surface area contributed by atoms with Gasteiger partial charge in [0.15, 0.2) is 5.43 Å². The number of H-pyrrole nitrogens is 1. The van der Waals surface area contributed by atoms with E-state index < -0.39 is 0 Å². The molecule has 0 fully saturated rings. The molecule has 2 aromatic carbocycles. The van der Waals surface area contributed by atoms with Gasteiger partial charge in [-0.2, -0.15) is 0 Å². The molecule has 3 nitrogen and oxygen atoms in total. The summed E-state index contributed by atoms with van der Waals surface area (Å²) < 4.78 is 5.19. The van der Waals surface area contributed by atoms with Crippen molar-refractivity contribution in [3.05, 3.63) is 76.1 Å². The van der Waals surface area contributed by atoms with Crippen LogP contribution in [0.1, 0.15) is 11.3 Å². The van der Waals surface area contributed by atoms with Gasteiger partial charge in [-0.1, -0.05) is 36.4 Å². The molecule has 0 bridgehead atoms. The molecular formula is C18H15NO2. The van der Waals surface area contributed by atoms with Crippen LogP contribution in [0.25, 0.3) is 23.1 Å². The molecule has 0 spiro atoms. The van der Waals surface area contributed by atoms with E-state index in [1.807, 2.05) is 48.6 Å². The normalized spacial score (nSPS) is 11.1. The van der Waals surface area contributed by atoms with E-state index in [0.717, 1.165) is 22.5 Å². The summed E-state index contributed by atoms with van der Waals surface area (Å²) in [6.45, 7) is 0. The number of methoxy groups -OCH3 is 1. The van der Waals surface area contributed by atoms with E-state index >= 15 is 0 Å². The van der Waals surface area contributed by atoms with Crippen LogP contribution < -0.4 is 10.2 Å². The van der Waals surface area contributed by atoms with Gasteiger partial charge in [-0.15, -0.1) is 0 Å². The Morgan fingerprint density at radius 3 is 2.57 bits per heavy atom. The van der Waals surface area contributed by atoms with E-state index in [1.54, 1.807) is 25.3 Å². The highest BCUT2D eigenvalue weighted by Gasteiger charge is 2.02. The van der Waals surface area contributed by atoms with Gasteiger partial charge in [0.05, 0.1) is 12.6 Å². The highest BCUT2D eigenvalue weighted by atomic mass is 16.5. The molecule has 3 heteroatoms. The first-order valence-corrected chi connectivity index (χ1v) is 6.70. The van der Waals surface area contributed by atoms with Crippen LogP contribution in [0.15, 0.2) is 59.4 Å². The second kappa shape index (κ2) is 5.67. The molecule has 0 saturated carbocycles. The summed E-state index contributed by atoms with van der Waals surface area (Å²) in [5.74, 6) is 0.724. The number of pyridine rings is 1. The number of hydrogen-bond donors (Lipinski definition) is 1. The maximum atomic E-state index is 12.1. The van der Waals surface area contributed by atoms with Gasteiger partial charge >= 0.3 is 0 Å². The lowest BCUT2D eigenvalue weighted by atomic mass is 10.1. The SMILES string of the molecule is COc1ccc2c(=O)cc(/C=C/c3ccccc3)[nH]c2c1. The Kier molecular flexibility index (Phi) is 3.56. The van der Waals surface area contributed by atoms with E-state index in [2.05, 4.69) is 4.98 Å². The number of fused-ring (bicyclic) bond motifs is 1. The Morgan fingerprint density at radius 1 is 1.00 bits per heavy atom. The fraction of sp³-hybridized carbons (Fsp3) is 0.0556. The molecule has 0 aliphatic carbocycles. The average Bonchev–Trinajstić information content (AvgIpc) is 2.53. The molecule has 3 rings (SSSR count). The van der Waals surface area contributed by atoms with Crippen molar-refractivity contribution in [3.8, 4) is 5.75 Å². The summed E-state index contributed by atoms with van der Waals surface area (Å²) in [5.41, 5.74) is 2.63. The van der Waals surface area contributed by atoms with E-state index in [-0.39, 0.29) is 5.43 Å². The lowest BCUT2D eigenvalue weighted by Crippen LogP contribution is -2.03. The highest BCUT2D eigenvalue weighted by Crippen LogP contribution is 2.17. The third kappa shape index (κ3) is 2.87. The van der Waals surface area contributed by atoms with Gasteiger partial charge < -0.3 is 9.72 Å². The lowest BCUT2D eigenvalue weighted by molar-refractivity contribution is 0.415. The van der Waals surface area contributed by atoms with Gasteiger partial charge in [-0.05, 0) is 23.8 Å². The zero-order chi connectivity index (χ0) is 14.7. The van der Waals surface area contributed by atoms with Crippen molar-refractivity contribution in [2.75, 3.05) is 7.11 Å². The molecule has 3 aromatic rings. The van der Waals surface area contributed by atoms with Crippen LogP contribution in [0, 0.1) is 0 Å². The van der Waals surface area contributed by atoms with Crippen molar-refractivity contribution in [3.63, 3.8) is 0 Å². The largest absolute Gasteiger partial charge is 0.497 e. The number of ether oxygens (including phenoxy) is 1. The summed E-state index contributed by atoms with van der Waals surface area (Å²) in [5, 5.41) is 0.660. The van der Waals surface area contributed by atoms with Gasteiger partial charge in [0.25, 0.3) is 0 Å². The first kappa shape index (κ1) is 13.2. The molecule has 0 aliphatic heterocycles. The summed E-state index contributed by atoms with van der Waals surface area (Å²) >= 11 is 0. The second-order valence-corrected chi connectivity index (χ2v) is 4.74. The monoisotopic (exact) mass is 277 g/mol. The summed E-state index contributed by atoms with van der Waals surface area (Å²) in [6, 6.07) is 17.0. The molecule has 21 heavy (non-hydrogen) atoms. The predicted molar refractivity (Wildman–Crippen MR) is 86.5 cm³/mol. The number of rotatable bonds is 3. The van der Waals surface area contributed by atoms with Crippen molar-refractivity contribution in [2.45, 2.75) is 0 Å². The zero-order valence-corrected chi connectivity index (χ0v) is 11.7. The number of benzene rings is 2. The Hall–Kier alpha value is -2.81. The summed E-state index contributed by atoms with van der Waals surface area (Å²) in [6.07, 6.45) is 3.87. The highest BCUT2D eigenvalue weighted by molar-refractivity contribution is 5.82. The smallest absolute Gasteiger partial charge is 0.189 e. The molecule has 0 radical (unpaired) electrons. The van der Waals surface area contributed by atoms with Crippen LogP contribution >= 0.6 is 0 Å². The summed E-state index contributed by atoms with van der Waals surface area (Å²) in [4.78, 5) is 15.4. The molecule has 1 N–H and O–H groups in total. The van der Waals surface area contributed by atoms with E-state index in [1.165, 1.54) is 0 Å². The fourth-order valence-corrected chi connectivity index (χ4v) is 2.22. The van der Waals surface area contributed by atoms with Gasteiger partial charge in [0.1, 0.15) is 5.75 Å². The van der Waals surface area contributed by atoms with Crippen molar-refractivity contribution >= 4 is 23.1 Å². The maximum Gasteiger partial charge on any atom is 0.189 e. The molecule has 0 unspecified atom stereocenters. The number of aromatic amines is 1. The molecule has 1 aromatic heterocycles. The van der Waals surface area contributed by atoms with Crippen molar-refractivity contribution < 1.29 is 4.74 Å². The van der Waals surface area contributed by atoms with Gasteiger partial charge in [-0.3, -0.25) is 4.79 Å². The second-order valence-electron chi connectivity index (χ2n) is 4.74. The van der Waals surface area contributed by atoms with Crippen LogP contribution in [-0.2, 0) is 0 Å². The summed E-state index contributed by atoms with van der Waals surface area (Å²) in [7, 11) is 1.61. The minimum absolute atomic E-state index is 0.000820. The molecule has 0 aliphatic rings. The Balaban J connectivity index is 2.03. The molecule has 1 heterocycles. The van der Waals surface area contributed by atoms with Crippen molar-refractivity contribution in [2.24, 2.45) is 0 Å². The number of aromatic nitrogens is 1. The quantitative estimate of drug-likeness (QED) is 0.793. The van der Waals surface area contributed by atoms with Crippen LogP contribution in [0.5, 0.6) is 5.75 Å². The molecule has 0 amide bonds. The minimum atomic E-state index is -0.000820.